The molecule has 0 aliphatic rings. The number of nitrogens with one attached hydrogen (secondary N) is 3. The van der Waals surface area contributed by atoms with Crippen LogP contribution in [-0.2, 0) is 25.5 Å². The number of methoxy groups -OCH3 is 1. The zero-order valence-electron chi connectivity index (χ0n) is 19.9. The molecule has 1 aromatic carbocycles. The molecule has 182 valence electrons. The number of ketones is 2. The van der Waals surface area contributed by atoms with E-state index < -0.39 is 29.7 Å². The highest BCUT2D eigenvalue weighted by Gasteiger charge is 2.25. The first-order valence-electron chi connectivity index (χ1n) is 10.7. The van der Waals surface area contributed by atoms with Crippen LogP contribution in [0.3, 0.4) is 0 Å². The van der Waals surface area contributed by atoms with Gasteiger partial charge in [-0.25, -0.2) is 4.79 Å². The van der Waals surface area contributed by atoms with Crippen molar-refractivity contribution in [2.75, 3.05) is 20.2 Å². The standard InChI is InChI=1S/C23H33N3O7/c1-13(2)21(22(30)24-11-18(28)12-25-23(31)33-14(3)4)26-20(29)10-17-9-16(15(5)27)7-8-19(17)32-6/h7-9,13-14,21H,10-12H2,1-6H3,(H,24,30)(H,25,31)(H,26,29). The number of hydrogen-bond acceptors (Lipinski definition) is 7. The van der Waals surface area contributed by atoms with E-state index in [1.807, 2.05) is 0 Å². The molecule has 10 nitrogen and oxygen atoms in total. The second kappa shape index (κ2) is 13.2. The molecular formula is C23H33N3O7. The summed E-state index contributed by atoms with van der Waals surface area (Å²) < 4.78 is 10.1. The lowest BCUT2D eigenvalue weighted by Crippen LogP contribution is -2.51. The van der Waals surface area contributed by atoms with Crippen LogP contribution in [-0.4, -0.2) is 61.8 Å². The summed E-state index contributed by atoms with van der Waals surface area (Å²) in [6.45, 7) is 7.69. The number of amides is 3. The van der Waals surface area contributed by atoms with Gasteiger partial charge in [-0.1, -0.05) is 13.8 Å². The van der Waals surface area contributed by atoms with Gasteiger partial charge in [-0.3, -0.25) is 19.2 Å². The highest BCUT2D eigenvalue weighted by molar-refractivity contribution is 5.95. The first-order valence-corrected chi connectivity index (χ1v) is 10.7. The van der Waals surface area contributed by atoms with Crippen LogP contribution in [0, 0.1) is 5.92 Å². The average molecular weight is 464 g/mol. The Bertz CT molecular complexity index is 881. The first kappa shape index (κ1) is 27.6. The third kappa shape index (κ3) is 9.71. The summed E-state index contributed by atoms with van der Waals surface area (Å²) in [6.07, 6.45) is -1.14. The Kier molecular flexibility index (Phi) is 11.0. The molecule has 0 fully saturated rings. The van der Waals surface area contributed by atoms with Gasteiger partial charge in [0.2, 0.25) is 11.8 Å². The molecule has 0 saturated carbocycles. The Hall–Kier alpha value is -3.43. The van der Waals surface area contributed by atoms with E-state index in [-0.39, 0.29) is 37.3 Å². The molecule has 1 rings (SSSR count). The van der Waals surface area contributed by atoms with Crippen molar-refractivity contribution in [3.8, 4) is 5.75 Å². The van der Waals surface area contributed by atoms with Crippen LogP contribution in [0.25, 0.3) is 0 Å². The minimum atomic E-state index is -0.883. The van der Waals surface area contributed by atoms with Crippen molar-refractivity contribution in [1.82, 2.24) is 16.0 Å². The molecule has 1 unspecified atom stereocenters. The van der Waals surface area contributed by atoms with Gasteiger partial charge in [0, 0.05) is 11.1 Å². The monoisotopic (exact) mass is 463 g/mol. The number of carbonyl (C=O) groups excluding carboxylic acids is 5. The Morgan fingerprint density at radius 1 is 0.970 bits per heavy atom. The van der Waals surface area contributed by atoms with E-state index in [1.54, 1.807) is 45.9 Å². The lowest BCUT2D eigenvalue weighted by atomic mass is 10.0. The fourth-order valence-electron chi connectivity index (χ4n) is 2.85. The van der Waals surface area contributed by atoms with E-state index in [0.717, 1.165) is 0 Å². The summed E-state index contributed by atoms with van der Waals surface area (Å²) in [4.78, 5) is 60.2. The molecule has 10 heteroatoms. The molecule has 0 radical (unpaired) electrons. The van der Waals surface area contributed by atoms with Crippen LogP contribution >= 0.6 is 0 Å². The highest BCUT2D eigenvalue weighted by Crippen LogP contribution is 2.21. The number of benzene rings is 1. The van der Waals surface area contributed by atoms with Crippen molar-refractivity contribution in [3.63, 3.8) is 0 Å². The van der Waals surface area contributed by atoms with Gasteiger partial charge in [-0.05, 0) is 44.9 Å². The van der Waals surface area contributed by atoms with Gasteiger partial charge in [0.25, 0.3) is 0 Å². The summed E-state index contributed by atoms with van der Waals surface area (Å²) >= 11 is 0. The van der Waals surface area contributed by atoms with Gasteiger partial charge in [0.05, 0.1) is 32.7 Å². The van der Waals surface area contributed by atoms with Gasteiger partial charge in [-0.2, -0.15) is 0 Å². The maximum absolute atomic E-state index is 12.6. The van der Waals surface area contributed by atoms with Gasteiger partial charge in [0.1, 0.15) is 11.8 Å². The molecule has 0 aromatic heterocycles. The second-order valence-corrected chi connectivity index (χ2v) is 8.11. The third-order valence-electron chi connectivity index (χ3n) is 4.54. The second-order valence-electron chi connectivity index (χ2n) is 8.11. The highest BCUT2D eigenvalue weighted by atomic mass is 16.6. The molecule has 0 aliphatic heterocycles. The van der Waals surface area contributed by atoms with E-state index in [2.05, 4.69) is 16.0 Å². The smallest absolute Gasteiger partial charge is 0.407 e. The minimum Gasteiger partial charge on any atom is -0.496 e. The summed E-state index contributed by atoms with van der Waals surface area (Å²) in [6, 6.07) is 3.93. The SMILES string of the molecule is COc1ccc(C(C)=O)cc1CC(=O)NC(C(=O)NCC(=O)CNC(=O)OC(C)C)C(C)C. The van der Waals surface area contributed by atoms with Crippen molar-refractivity contribution >= 4 is 29.5 Å². The van der Waals surface area contributed by atoms with E-state index in [9.17, 15) is 24.0 Å². The summed E-state index contributed by atoms with van der Waals surface area (Å²) in [7, 11) is 1.46. The van der Waals surface area contributed by atoms with Crippen molar-refractivity contribution in [1.29, 1.82) is 0 Å². The van der Waals surface area contributed by atoms with Gasteiger partial charge >= 0.3 is 6.09 Å². The predicted octanol–water partition coefficient (Wildman–Crippen LogP) is 1.40. The maximum atomic E-state index is 12.6. The quantitative estimate of drug-likeness (QED) is 0.398. The first-order chi connectivity index (χ1) is 15.4. The number of rotatable bonds is 12. The predicted molar refractivity (Wildman–Crippen MR) is 121 cm³/mol. The van der Waals surface area contributed by atoms with Crippen molar-refractivity contribution in [2.45, 2.75) is 53.2 Å². The zero-order chi connectivity index (χ0) is 25.1. The van der Waals surface area contributed by atoms with E-state index in [4.69, 9.17) is 9.47 Å². The third-order valence-corrected chi connectivity index (χ3v) is 4.54. The van der Waals surface area contributed by atoms with E-state index in [0.29, 0.717) is 16.9 Å². The van der Waals surface area contributed by atoms with Crippen LogP contribution in [0.4, 0.5) is 4.79 Å². The van der Waals surface area contributed by atoms with Crippen molar-refractivity contribution in [3.05, 3.63) is 29.3 Å². The normalized spacial score (nSPS) is 11.5. The Balaban J connectivity index is 2.69. The lowest BCUT2D eigenvalue weighted by Gasteiger charge is -2.22. The zero-order valence-corrected chi connectivity index (χ0v) is 19.9. The maximum Gasteiger partial charge on any atom is 0.407 e. The number of ether oxygens (including phenoxy) is 2. The summed E-state index contributed by atoms with van der Waals surface area (Å²) in [5.41, 5.74) is 0.960. The van der Waals surface area contributed by atoms with Crippen molar-refractivity contribution in [2.24, 2.45) is 5.92 Å². The average Bonchev–Trinajstić information content (AvgIpc) is 2.73. The van der Waals surface area contributed by atoms with Crippen LogP contribution < -0.4 is 20.7 Å². The van der Waals surface area contributed by atoms with E-state index >= 15 is 0 Å². The summed E-state index contributed by atoms with van der Waals surface area (Å²) in [5.74, 6) is -1.34. The molecule has 3 amide bonds. The largest absolute Gasteiger partial charge is 0.496 e. The lowest BCUT2D eigenvalue weighted by molar-refractivity contribution is -0.130. The number of hydrogen-bond donors (Lipinski definition) is 3. The molecule has 0 saturated heterocycles. The topological polar surface area (TPSA) is 140 Å². The molecule has 1 atom stereocenters. The van der Waals surface area contributed by atoms with Crippen LogP contribution in [0.2, 0.25) is 0 Å². The van der Waals surface area contributed by atoms with Gasteiger partial charge < -0.3 is 25.4 Å². The van der Waals surface area contributed by atoms with Gasteiger partial charge in [-0.15, -0.1) is 0 Å². The van der Waals surface area contributed by atoms with Crippen LogP contribution in [0.15, 0.2) is 18.2 Å². The molecule has 0 spiro atoms. The molecule has 0 bridgehead atoms. The van der Waals surface area contributed by atoms with E-state index in [1.165, 1.54) is 14.0 Å². The Morgan fingerprint density at radius 3 is 2.15 bits per heavy atom. The van der Waals surface area contributed by atoms with Crippen LogP contribution in [0.1, 0.15) is 50.5 Å². The Morgan fingerprint density at radius 2 is 1.61 bits per heavy atom. The summed E-state index contributed by atoms with van der Waals surface area (Å²) in [5, 5.41) is 7.45. The number of Topliss-reactive ketones (excluding diaryl/α,β-unsaturated/α-hetero) is 2. The number of carbonyl (C=O) groups is 5. The number of alkyl carbamates (subject to hydrolysis) is 1. The molecule has 0 heterocycles. The Labute approximate surface area is 193 Å². The van der Waals surface area contributed by atoms with Crippen molar-refractivity contribution < 1.29 is 33.4 Å². The molecule has 33 heavy (non-hydrogen) atoms. The minimum absolute atomic E-state index is 0.0956. The molecule has 0 aliphatic carbocycles. The fraction of sp³-hybridized carbons (Fsp3) is 0.522. The van der Waals surface area contributed by atoms with Gasteiger partial charge in [0.15, 0.2) is 11.6 Å². The molecular weight excluding hydrogens is 430 g/mol. The molecule has 1 aromatic rings. The van der Waals surface area contributed by atoms with Crippen LogP contribution in [0.5, 0.6) is 5.75 Å². The molecule has 3 N–H and O–H groups in total. The fourth-order valence-corrected chi connectivity index (χ4v) is 2.85.